The summed E-state index contributed by atoms with van der Waals surface area (Å²) in [7, 11) is 0. The lowest BCUT2D eigenvalue weighted by Gasteiger charge is -2.19. The highest BCUT2D eigenvalue weighted by molar-refractivity contribution is 5.49. The minimum Gasteiger partial charge on any atom is -0.371 e. The van der Waals surface area contributed by atoms with Crippen LogP contribution in [-0.2, 0) is 0 Å². The van der Waals surface area contributed by atoms with Gasteiger partial charge in [0, 0.05) is 18.9 Å². The van der Waals surface area contributed by atoms with Crippen molar-refractivity contribution in [2.75, 3.05) is 18.4 Å². The second-order valence-corrected chi connectivity index (χ2v) is 5.13. The third-order valence-electron chi connectivity index (χ3n) is 4.09. The fourth-order valence-corrected chi connectivity index (χ4v) is 3.02. The Hall–Kier alpha value is -1.55. The number of fused-ring (bicyclic) bond motifs is 1. The molecule has 3 N–H and O–H groups in total. The molecule has 0 aromatic carbocycles. The van der Waals surface area contributed by atoms with E-state index in [9.17, 15) is 0 Å². The first kappa shape index (κ1) is 11.5. The Balaban J connectivity index is 1.71. The van der Waals surface area contributed by atoms with E-state index in [2.05, 4.69) is 20.8 Å². The van der Waals surface area contributed by atoms with Crippen molar-refractivity contribution in [2.24, 2.45) is 17.6 Å². The van der Waals surface area contributed by atoms with E-state index in [0.717, 1.165) is 24.6 Å². The van der Waals surface area contributed by atoms with Gasteiger partial charge >= 0.3 is 0 Å². The molecule has 0 amide bonds. The van der Waals surface area contributed by atoms with Gasteiger partial charge in [-0.25, -0.2) is 4.98 Å². The molecule has 4 nitrogen and oxygen atoms in total. The Kier molecular flexibility index (Phi) is 3.19. The van der Waals surface area contributed by atoms with Crippen molar-refractivity contribution in [1.29, 1.82) is 0 Å². The van der Waals surface area contributed by atoms with Gasteiger partial charge in [-0.3, -0.25) is 4.40 Å². The quantitative estimate of drug-likeness (QED) is 0.866. The van der Waals surface area contributed by atoms with E-state index in [1.165, 1.54) is 19.3 Å². The first-order valence-electron chi connectivity index (χ1n) is 6.74. The highest BCUT2D eigenvalue weighted by Gasteiger charge is 2.25. The van der Waals surface area contributed by atoms with Gasteiger partial charge in [-0.2, -0.15) is 0 Å². The topological polar surface area (TPSA) is 55.3 Å². The predicted molar refractivity (Wildman–Crippen MR) is 73.6 cm³/mol. The highest BCUT2D eigenvalue weighted by Crippen LogP contribution is 2.31. The van der Waals surface area contributed by atoms with Gasteiger partial charge in [0.25, 0.3) is 0 Å². The molecule has 2 heterocycles. The fourth-order valence-electron chi connectivity index (χ4n) is 3.02. The number of nitrogens with zero attached hydrogens (tertiary/aromatic N) is 2. The SMILES string of the molecule is NCC1CCCC1CNc1cccc2nccn12. The van der Waals surface area contributed by atoms with Gasteiger partial charge in [0.15, 0.2) is 0 Å². The first-order chi connectivity index (χ1) is 8.88. The minimum absolute atomic E-state index is 0.694. The molecule has 1 fully saturated rings. The van der Waals surface area contributed by atoms with Crippen LogP contribution in [0.15, 0.2) is 30.6 Å². The maximum absolute atomic E-state index is 5.82. The van der Waals surface area contributed by atoms with Gasteiger partial charge in [-0.15, -0.1) is 0 Å². The van der Waals surface area contributed by atoms with Crippen molar-refractivity contribution in [2.45, 2.75) is 19.3 Å². The molecule has 1 saturated carbocycles. The molecular formula is C14H20N4. The molecule has 4 heteroatoms. The number of imidazole rings is 1. The summed E-state index contributed by atoms with van der Waals surface area (Å²) in [5, 5.41) is 3.55. The van der Waals surface area contributed by atoms with Gasteiger partial charge in [-0.1, -0.05) is 12.5 Å². The standard InChI is InChI=1S/C14H20N4/c15-9-11-3-1-4-12(11)10-17-14-6-2-5-13-16-7-8-18(13)14/h2,5-8,11-12,17H,1,3-4,9-10,15H2. The number of hydrogen-bond donors (Lipinski definition) is 2. The first-order valence-corrected chi connectivity index (χ1v) is 6.74. The lowest BCUT2D eigenvalue weighted by atomic mass is 9.96. The molecule has 0 radical (unpaired) electrons. The summed E-state index contributed by atoms with van der Waals surface area (Å²) in [5.74, 6) is 2.53. The zero-order valence-corrected chi connectivity index (χ0v) is 10.5. The van der Waals surface area contributed by atoms with E-state index in [4.69, 9.17) is 5.73 Å². The van der Waals surface area contributed by atoms with Crippen LogP contribution in [0.3, 0.4) is 0 Å². The van der Waals surface area contributed by atoms with Crippen LogP contribution in [-0.4, -0.2) is 22.5 Å². The smallest absolute Gasteiger partial charge is 0.138 e. The van der Waals surface area contributed by atoms with Crippen LogP contribution in [0, 0.1) is 11.8 Å². The van der Waals surface area contributed by atoms with Crippen molar-refractivity contribution in [1.82, 2.24) is 9.38 Å². The van der Waals surface area contributed by atoms with Crippen LogP contribution in [0.5, 0.6) is 0 Å². The highest BCUT2D eigenvalue weighted by atomic mass is 15.1. The number of nitrogens with one attached hydrogen (secondary N) is 1. The van der Waals surface area contributed by atoms with Gasteiger partial charge in [0.2, 0.25) is 0 Å². The molecular weight excluding hydrogens is 224 g/mol. The molecule has 2 unspecified atom stereocenters. The van der Waals surface area contributed by atoms with Gasteiger partial charge < -0.3 is 11.1 Å². The Morgan fingerprint density at radius 3 is 3.11 bits per heavy atom. The van der Waals surface area contributed by atoms with Gasteiger partial charge in [0.1, 0.15) is 11.5 Å². The molecule has 1 aliphatic rings. The summed E-state index contributed by atoms with van der Waals surface area (Å²) in [6, 6.07) is 6.16. The lowest BCUT2D eigenvalue weighted by Crippen LogP contribution is -2.24. The van der Waals surface area contributed by atoms with Gasteiger partial charge in [-0.05, 0) is 43.4 Å². The molecule has 0 saturated heterocycles. The number of anilines is 1. The second kappa shape index (κ2) is 4.98. The fraction of sp³-hybridized carbons (Fsp3) is 0.500. The van der Waals surface area contributed by atoms with Crippen molar-refractivity contribution in [3.8, 4) is 0 Å². The van der Waals surface area contributed by atoms with Gasteiger partial charge in [0.05, 0.1) is 0 Å². The van der Waals surface area contributed by atoms with Crippen LogP contribution in [0.2, 0.25) is 0 Å². The molecule has 2 atom stereocenters. The summed E-state index contributed by atoms with van der Waals surface area (Å²) in [6.45, 7) is 1.83. The third kappa shape index (κ3) is 2.08. The Bertz CT molecular complexity index is 519. The van der Waals surface area contributed by atoms with E-state index >= 15 is 0 Å². The molecule has 0 bridgehead atoms. The summed E-state index contributed by atoms with van der Waals surface area (Å²) in [4.78, 5) is 4.29. The van der Waals surface area contributed by atoms with Crippen LogP contribution >= 0.6 is 0 Å². The maximum Gasteiger partial charge on any atom is 0.138 e. The maximum atomic E-state index is 5.82. The van der Waals surface area contributed by atoms with E-state index < -0.39 is 0 Å². The molecule has 0 aliphatic heterocycles. The molecule has 0 spiro atoms. The average Bonchev–Trinajstić information content (AvgIpc) is 3.04. The number of hydrogen-bond acceptors (Lipinski definition) is 3. The van der Waals surface area contributed by atoms with Crippen LogP contribution < -0.4 is 11.1 Å². The summed E-state index contributed by atoms with van der Waals surface area (Å²) in [6.07, 6.45) is 7.74. The zero-order valence-electron chi connectivity index (χ0n) is 10.5. The molecule has 2 aromatic rings. The van der Waals surface area contributed by atoms with Crippen LogP contribution in [0.4, 0.5) is 5.82 Å². The minimum atomic E-state index is 0.694. The van der Waals surface area contributed by atoms with E-state index in [0.29, 0.717) is 11.8 Å². The van der Waals surface area contributed by atoms with E-state index in [-0.39, 0.29) is 0 Å². The normalized spacial score (nSPS) is 23.6. The summed E-state index contributed by atoms with van der Waals surface area (Å²) < 4.78 is 2.09. The third-order valence-corrected chi connectivity index (χ3v) is 4.09. The number of nitrogens with two attached hydrogens (primary N) is 1. The number of pyridine rings is 1. The van der Waals surface area contributed by atoms with Crippen LogP contribution in [0.1, 0.15) is 19.3 Å². The average molecular weight is 244 g/mol. The number of aromatic nitrogens is 2. The Morgan fingerprint density at radius 1 is 1.33 bits per heavy atom. The molecule has 2 aromatic heterocycles. The largest absolute Gasteiger partial charge is 0.371 e. The molecule has 3 rings (SSSR count). The predicted octanol–water partition coefficient (Wildman–Crippen LogP) is 2.12. The van der Waals surface area contributed by atoms with Crippen molar-refractivity contribution < 1.29 is 0 Å². The Morgan fingerprint density at radius 2 is 2.22 bits per heavy atom. The number of rotatable bonds is 4. The van der Waals surface area contributed by atoms with Crippen LogP contribution in [0.25, 0.3) is 5.65 Å². The summed E-state index contributed by atoms with van der Waals surface area (Å²) in [5.41, 5.74) is 6.81. The lowest BCUT2D eigenvalue weighted by molar-refractivity contribution is 0.414. The molecule has 1 aliphatic carbocycles. The molecule has 96 valence electrons. The van der Waals surface area contributed by atoms with E-state index in [1.54, 1.807) is 0 Å². The second-order valence-electron chi connectivity index (χ2n) is 5.13. The monoisotopic (exact) mass is 244 g/mol. The van der Waals surface area contributed by atoms with Crippen molar-refractivity contribution >= 4 is 11.5 Å². The van der Waals surface area contributed by atoms with Crippen molar-refractivity contribution in [3.05, 3.63) is 30.6 Å². The van der Waals surface area contributed by atoms with E-state index in [1.807, 2.05) is 24.5 Å². The summed E-state index contributed by atoms with van der Waals surface area (Å²) >= 11 is 0. The Labute approximate surface area is 107 Å². The van der Waals surface area contributed by atoms with Crippen molar-refractivity contribution in [3.63, 3.8) is 0 Å². The molecule has 18 heavy (non-hydrogen) atoms. The zero-order chi connectivity index (χ0) is 12.4.